The van der Waals surface area contributed by atoms with Crippen LogP contribution in [0.4, 0.5) is 0 Å². The van der Waals surface area contributed by atoms with E-state index in [0.29, 0.717) is 6.42 Å². The smallest absolute Gasteiger partial charge is 0.220 e. The van der Waals surface area contributed by atoms with E-state index in [4.69, 9.17) is 9.47 Å². The van der Waals surface area contributed by atoms with Crippen molar-refractivity contribution in [3.63, 3.8) is 0 Å². The fraction of sp³-hybridized carbons (Fsp3) is 0.780. The van der Waals surface area contributed by atoms with Crippen molar-refractivity contribution in [2.75, 3.05) is 13.2 Å². The third kappa shape index (κ3) is 22.9. The highest BCUT2D eigenvalue weighted by Crippen LogP contribution is 2.22. The third-order valence-corrected chi connectivity index (χ3v) is 9.13. The van der Waals surface area contributed by atoms with Crippen LogP contribution in [0.25, 0.3) is 0 Å². The molecule has 1 amide bonds. The molecule has 0 aliphatic carbocycles. The SMILES string of the molecule is CCCC/C=C\C/C=C\CCCCCCCC(=O)NC(COC1OC(CO)C(O)C(O)C1O)C(O)/C=C/CC/C=C/CCCCCCCCC. The summed E-state index contributed by atoms with van der Waals surface area (Å²) in [7, 11) is 0. The fourth-order valence-electron chi connectivity index (χ4n) is 5.83. The summed E-state index contributed by atoms with van der Waals surface area (Å²) in [5.74, 6) is -0.205. The molecule has 1 fully saturated rings. The van der Waals surface area contributed by atoms with Crippen molar-refractivity contribution in [1.82, 2.24) is 5.32 Å². The van der Waals surface area contributed by atoms with E-state index in [9.17, 15) is 30.3 Å². The van der Waals surface area contributed by atoms with Gasteiger partial charge in [-0.1, -0.05) is 133 Å². The van der Waals surface area contributed by atoms with Crippen LogP contribution in [0, 0.1) is 0 Å². The van der Waals surface area contributed by atoms with Crippen LogP contribution in [-0.2, 0) is 14.3 Å². The number of allylic oxidation sites excluding steroid dienone is 7. The van der Waals surface area contributed by atoms with Crippen LogP contribution in [-0.4, -0.2) is 87.5 Å². The summed E-state index contributed by atoms with van der Waals surface area (Å²) >= 11 is 0. The Bertz CT molecular complexity index is 920. The van der Waals surface area contributed by atoms with E-state index in [2.05, 4.69) is 55.6 Å². The normalized spacial score (nSPS) is 22.7. The van der Waals surface area contributed by atoms with Gasteiger partial charge < -0.3 is 40.3 Å². The van der Waals surface area contributed by atoms with Gasteiger partial charge in [-0.05, 0) is 57.8 Å². The standard InChI is InChI=1S/C41H73NO8/c1-3-5-7-9-11-13-15-17-19-21-23-25-27-29-31-37(45)42-34(33-49-41-40(48)39(47)38(46)36(32-43)50-41)35(44)30-28-26-24-22-20-18-16-14-12-10-8-6-4-2/h9,11,15,17,20,22,28,30,34-36,38-41,43-44,46-48H,3-8,10,12-14,16,18-19,21,23-27,29,31-33H2,1-2H3,(H,42,45)/b11-9-,17-15-,22-20+,30-28+. The predicted molar refractivity (Wildman–Crippen MR) is 203 cm³/mol. The molecule has 0 aromatic rings. The molecule has 6 N–H and O–H groups in total. The maximum absolute atomic E-state index is 12.9. The molecule has 9 nitrogen and oxygen atoms in total. The Balaban J connectivity index is 2.49. The minimum Gasteiger partial charge on any atom is -0.394 e. The average molecular weight is 708 g/mol. The summed E-state index contributed by atoms with van der Waals surface area (Å²) in [6, 6.07) is -0.827. The second-order valence-electron chi connectivity index (χ2n) is 13.7. The van der Waals surface area contributed by atoms with Gasteiger partial charge in [0.1, 0.15) is 24.4 Å². The number of carbonyl (C=O) groups excluding carboxylic acids is 1. The molecule has 1 saturated heterocycles. The van der Waals surface area contributed by atoms with Gasteiger partial charge in [0.2, 0.25) is 5.91 Å². The number of unbranched alkanes of at least 4 members (excludes halogenated alkanes) is 15. The molecule has 7 unspecified atom stereocenters. The van der Waals surface area contributed by atoms with Gasteiger partial charge in [-0.15, -0.1) is 0 Å². The third-order valence-electron chi connectivity index (χ3n) is 9.13. The monoisotopic (exact) mass is 708 g/mol. The van der Waals surface area contributed by atoms with Gasteiger partial charge in [0.15, 0.2) is 6.29 Å². The number of aliphatic hydroxyl groups excluding tert-OH is 5. The van der Waals surface area contributed by atoms with Crippen molar-refractivity contribution in [3.8, 4) is 0 Å². The van der Waals surface area contributed by atoms with Gasteiger partial charge in [-0.3, -0.25) is 4.79 Å². The summed E-state index contributed by atoms with van der Waals surface area (Å²) in [5.41, 5.74) is 0. The Labute approximate surface area is 303 Å². The summed E-state index contributed by atoms with van der Waals surface area (Å²) < 4.78 is 11.1. The minimum absolute atomic E-state index is 0.205. The Hall–Kier alpha value is -1.85. The molecule has 1 aliphatic heterocycles. The fourth-order valence-corrected chi connectivity index (χ4v) is 5.83. The van der Waals surface area contributed by atoms with E-state index in [0.717, 1.165) is 70.6 Å². The van der Waals surface area contributed by atoms with E-state index in [1.54, 1.807) is 6.08 Å². The van der Waals surface area contributed by atoms with Gasteiger partial charge in [-0.2, -0.15) is 0 Å². The van der Waals surface area contributed by atoms with Gasteiger partial charge in [-0.25, -0.2) is 0 Å². The Morgan fingerprint density at radius 3 is 1.86 bits per heavy atom. The number of nitrogens with one attached hydrogen (secondary N) is 1. The van der Waals surface area contributed by atoms with E-state index in [-0.39, 0.29) is 12.5 Å². The lowest BCUT2D eigenvalue weighted by molar-refractivity contribution is -0.302. The zero-order chi connectivity index (χ0) is 36.7. The Morgan fingerprint density at radius 2 is 1.22 bits per heavy atom. The van der Waals surface area contributed by atoms with Gasteiger partial charge in [0.05, 0.1) is 25.4 Å². The van der Waals surface area contributed by atoms with Crippen molar-refractivity contribution >= 4 is 5.91 Å². The first-order valence-electron chi connectivity index (χ1n) is 19.9. The topological polar surface area (TPSA) is 149 Å². The lowest BCUT2D eigenvalue weighted by Gasteiger charge is -2.40. The zero-order valence-corrected chi connectivity index (χ0v) is 31.4. The molecule has 0 saturated carbocycles. The summed E-state index contributed by atoms with van der Waals surface area (Å²) in [5, 5.41) is 53.9. The number of ether oxygens (including phenoxy) is 2. The molecule has 0 spiro atoms. The molecule has 0 aromatic carbocycles. The van der Waals surface area contributed by atoms with Crippen LogP contribution in [0.5, 0.6) is 0 Å². The molecule has 1 heterocycles. The van der Waals surface area contributed by atoms with Crippen molar-refractivity contribution in [3.05, 3.63) is 48.6 Å². The summed E-state index contributed by atoms with van der Waals surface area (Å²) in [6.07, 6.45) is 31.5. The van der Waals surface area contributed by atoms with Gasteiger partial charge in [0.25, 0.3) is 0 Å². The molecule has 50 heavy (non-hydrogen) atoms. The Kier molecular flexibility index (Phi) is 29.4. The van der Waals surface area contributed by atoms with Gasteiger partial charge >= 0.3 is 0 Å². The molecule has 290 valence electrons. The van der Waals surface area contributed by atoms with Crippen molar-refractivity contribution < 1.29 is 39.8 Å². The average Bonchev–Trinajstić information content (AvgIpc) is 3.11. The summed E-state index contributed by atoms with van der Waals surface area (Å²) in [4.78, 5) is 12.9. The highest BCUT2D eigenvalue weighted by molar-refractivity contribution is 5.76. The lowest BCUT2D eigenvalue weighted by atomic mass is 9.99. The van der Waals surface area contributed by atoms with Crippen molar-refractivity contribution in [2.24, 2.45) is 0 Å². The number of hydrogen-bond donors (Lipinski definition) is 6. The van der Waals surface area contributed by atoms with Gasteiger partial charge in [0, 0.05) is 6.42 Å². The van der Waals surface area contributed by atoms with E-state index < -0.39 is 49.5 Å². The van der Waals surface area contributed by atoms with Crippen molar-refractivity contribution in [1.29, 1.82) is 0 Å². The second-order valence-corrected chi connectivity index (χ2v) is 13.7. The first-order chi connectivity index (χ1) is 24.3. The van der Waals surface area contributed by atoms with Crippen LogP contribution >= 0.6 is 0 Å². The predicted octanol–water partition coefficient (Wildman–Crippen LogP) is 7.11. The first kappa shape index (κ1) is 46.2. The quantitative estimate of drug-likeness (QED) is 0.0330. The first-order valence-corrected chi connectivity index (χ1v) is 19.9. The lowest BCUT2D eigenvalue weighted by Crippen LogP contribution is -2.60. The number of hydrogen-bond acceptors (Lipinski definition) is 8. The highest BCUT2D eigenvalue weighted by Gasteiger charge is 2.44. The molecule has 0 aromatic heterocycles. The van der Waals surface area contributed by atoms with Crippen LogP contribution in [0.2, 0.25) is 0 Å². The Morgan fingerprint density at radius 1 is 0.680 bits per heavy atom. The summed E-state index contributed by atoms with van der Waals surface area (Å²) in [6.45, 7) is 3.66. The maximum atomic E-state index is 12.9. The molecule has 7 atom stereocenters. The molecule has 0 bridgehead atoms. The molecule has 0 radical (unpaired) electrons. The van der Waals surface area contributed by atoms with E-state index >= 15 is 0 Å². The molecule has 1 aliphatic rings. The highest BCUT2D eigenvalue weighted by atomic mass is 16.7. The number of carbonyl (C=O) groups is 1. The van der Waals surface area contributed by atoms with Crippen LogP contribution in [0.3, 0.4) is 0 Å². The van der Waals surface area contributed by atoms with Crippen LogP contribution in [0.1, 0.15) is 149 Å². The molecule has 9 heteroatoms. The van der Waals surface area contributed by atoms with E-state index in [1.807, 2.05) is 6.08 Å². The molecular formula is C41H73NO8. The zero-order valence-electron chi connectivity index (χ0n) is 31.4. The van der Waals surface area contributed by atoms with Crippen LogP contribution < -0.4 is 5.32 Å². The largest absolute Gasteiger partial charge is 0.394 e. The maximum Gasteiger partial charge on any atom is 0.220 e. The molecule has 1 rings (SSSR count). The number of rotatable bonds is 31. The van der Waals surface area contributed by atoms with Crippen LogP contribution in [0.15, 0.2) is 48.6 Å². The minimum atomic E-state index is -1.57. The molecular weight excluding hydrogens is 634 g/mol. The number of amides is 1. The van der Waals surface area contributed by atoms with Crippen molar-refractivity contribution in [2.45, 2.75) is 192 Å². The number of aliphatic hydroxyl groups is 5. The van der Waals surface area contributed by atoms with E-state index in [1.165, 1.54) is 57.8 Å². The second kappa shape index (κ2) is 31.9.